The van der Waals surface area contributed by atoms with E-state index in [2.05, 4.69) is 31.9 Å². The maximum absolute atomic E-state index is 14.5. The maximum atomic E-state index is 14.5. The van der Waals surface area contributed by atoms with Crippen LogP contribution in [-0.2, 0) is 0 Å². The number of nitrogens with zero attached hydrogens (tertiary/aromatic N) is 6. The molecule has 28 heavy (non-hydrogen) atoms. The molecule has 1 aliphatic heterocycles. The van der Waals surface area contributed by atoms with E-state index in [9.17, 15) is 4.39 Å². The number of benzene rings is 1. The Hall–Kier alpha value is -3.29. The smallest absolute Gasteiger partial charge is 0.159 e. The Morgan fingerprint density at radius 3 is 2.82 bits per heavy atom. The lowest BCUT2D eigenvalue weighted by atomic mass is 9.92. The lowest BCUT2D eigenvalue weighted by Gasteiger charge is -2.34. The summed E-state index contributed by atoms with van der Waals surface area (Å²) in [7, 11) is 1.76. The molecule has 1 unspecified atom stereocenters. The third kappa shape index (κ3) is 2.81. The van der Waals surface area contributed by atoms with Crippen molar-refractivity contribution in [3.8, 4) is 11.3 Å². The second-order valence-electron chi connectivity index (χ2n) is 6.91. The van der Waals surface area contributed by atoms with Gasteiger partial charge in [-0.1, -0.05) is 19.1 Å². The molecule has 1 fully saturated rings. The van der Waals surface area contributed by atoms with E-state index in [1.807, 2.05) is 6.92 Å². The number of aromatic nitrogens is 4. The third-order valence-electron chi connectivity index (χ3n) is 5.15. The van der Waals surface area contributed by atoms with Gasteiger partial charge in [0.2, 0.25) is 0 Å². The number of hydrogen-bond donors (Lipinski definition) is 1. The lowest BCUT2D eigenvalue weighted by Crippen LogP contribution is -2.42. The molecule has 0 bridgehead atoms. The van der Waals surface area contributed by atoms with Crippen LogP contribution < -0.4 is 10.6 Å². The fraction of sp³-hybridized carbons (Fsp3) is 0.300. The quantitative estimate of drug-likeness (QED) is 0.740. The van der Waals surface area contributed by atoms with Crippen molar-refractivity contribution >= 4 is 17.0 Å². The van der Waals surface area contributed by atoms with Crippen molar-refractivity contribution in [2.24, 2.45) is 16.6 Å². The normalized spacial score (nSPS) is 20.4. The molecule has 0 saturated carbocycles. The number of fused-ring (bicyclic) bond motifs is 1. The second-order valence-corrected chi connectivity index (χ2v) is 6.91. The molecule has 1 aliphatic rings. The average molecular weight is 379 g/mol. The fourth-order valence-corrected chi connectivity index (χ4v) is 3.80. The molecule has 4 rings (SSSR count). The van der Waals surface area contributed by atoms with Crippen molar-refractivity contribution in [1.82, 2.24) is 19.6 Å². The van der Waals surface area contributed by atoms with E-state index in [1.54, 1.807) is 36.0 Å². The number of hydrogen-bond acceptors (Lipinski definition) is 6. The van der Waals surface area contributed by atoms with Crippen LogP contribution in [0.25, 0.3) is 16.8 Å². The van der Waals surface area contributed by atoms with E-state index in [0.717, 1.165) is 17.8 Å². The summed E-state index contributed by atoms with van der Waals surface area (Å²) in [6.45, 7) is 5.24. The summed E-state index contributed by atoms with van der Waals surface area (Å²) < 4.78 is 16.2. The van der Waals surface area contributed by atoms with Crippen LogP contribution in [-0.4, -0.2) is 45.4 Å². The average Bonchev–Trinajstić information content (AvgIpc) is 3.04. The van der Waals surface area contributed by atoms with Gasteiger partial charge in [0.25, 0.3) is 0 Å². The van der Waals surface area contributed by atoms with Gasteiger partial charge in [-0.2, -0.15) is 5.10 Å². The Morgan fingerprint density at radius 1 is 1.32 bits per heavy atom. The van der Waals surface area contributed by atoms with Gasteiger partial charge in [0.1, 0.15) is 29.2 Å². The lowest BCUT2D eigenvalue weighted by molar-refractivity contribution is 0.630. The highest BCUT2D eigenvalue weighted by atomic mass is 19.1. The molecule has 0 radical (unpaired) electrons. The molecular formula is C20H22FN7. The first-order valence-corrected chi connectivity index (χ1v) is 9.13. The zero-order chi connectivity index (χ0) is 19.8. The van der Waals surface area contributed by atoms with E-state index < -0.39 is 0 Å². The number of imidazole rings is 1. The van der Waals surface area contributed by atoms with Gasteiger partial charge in [-0.15, -0.1) is 0 Å². The molecule has 0 spiro atoms. The highest BCUT2D eigenvalue weighted by molar-refractivity contribution is 6.05. The number of rotatable bonds is 2. The van der Waals surface area contributed by atoms with Crippen LogP contribution in [0, 0.1) is 18.7 Å². The number of halogens is 1. The van der Waals surface area contributed by atoms with E-state index >= 15 is 0 Å². The van der Waals surface area contributed by atoms with E-state index in [4.69, 9.17) is 5.73 Å². The van der Waals surface area contributed by atoms with Crippen LogP contribution in [0.1, 0.15) is 12.7 Å². The molecule has 2 aromatic heterocycles. The highest BCUT2D eigenvalue weighted by Crippen LogP contribution is 2.33. The molecule has 8 heteroatoms. The van der Waals surface area contributed by atoms with Crippen molar-refractivity contribution in [2.75, 3.05) is 25.0 Å². The number of nitrogens with two attached hydrogens (primary N) is 1. The van der Waals surface area contributed by atoms with E-state index in [0.29, 0.717) is 35.0 Å². The van der Waals surface area contributed by atoms with Crippen molar-refractivity contribution in [3.05, 3.63) is 54.0 Å². The molecule has 1 aromatic carbocycles. The zero-order valence-corrected chi connectivity index (χ0v) is 16.1. The molecule has 3 aromatic rings. The van der Waals surface area contributed by atoms with Crippen molar-refractivity contribution < 1.29 is 4.39 Å². The van der Waals surface area contributed by atoms with Crippen LogP contribution >= 0.6 is 0 Å². The number of anilines is 1. The van der Waals surface area contributed by atoms with Crippen molar-refractivity contribution in [1.29, 1.82) is 0 Å². The van der Waals surface area contributed by atoms with Gasteiger partial charge in [-0.3, -0.25) is 4.99 Å². The summed E-state index contributed by atoms with van der Waals surface area (Å²) in [6.07, 6.45) is 3.14. The molecule has 1 atom stereocenters. The fourth-order valence-electron chi connectivity index (χ4n) is 3.80. The zero-order valence-electron chi connectivity index (χ0n) is 16.1. The van der Waals surface area contributed by atoms with Crippen LogP contribution in [0.5, 0.6) is 0 Å². The standard InChI is InChI=1S/C20H22FN7/c1-12-9-27(10-17(23-3)15(12)8-22)20-19-18(14-6-4-5-7-16(14)21)26-13(2)28(19)25-11-24-20/h4-8,11-12H,9-10,22H2,1-3H3. The summed E-state index contributed by atoms with van der Waals surface area (Å²) in [5.74, 6) is 1.24. The first-order chi connectivity index (χ1) is 13.5. The molecule has 2 N–H and O–H groups in total. The summed E-state index contributed by atoms with van der Waals surface area (Å²) in [4.78, 5) is 15.7. The van der Waals surface area contributed by atoms with Gasteiger partial charge >= 0.3 is 0 Å². The minimum absolute atomic E-state index is 0.188. The van der Waals surface area contributed by atoms with Crippen LogP contribution in [0.2, 0.25) is 0 Å². The first kappa shape index (κ1) is 18.1. The van der Waals surface area contributed by atoms with Crippen LogP contribution in [0.4, 0.5) is 10.2 Å². The molecular weight excluding hydrogens is 357 g/mol. The van der Waals surface area contributed by atoms with Crippen LogP contribution in [0.3, 0.4) is 0 Å². The molecule has 144 valence electrons. The number of aliphatic imine (C=N–C) groups is 1. The molecule has 3 heterocycles. The second kappa shape index (κ2) is 7.03. The number of aryl methyl sites for hydroxylation is 1. The number of piperidine rings is 1. The predicted molar refractivity (Wildman–Crippen MR) is 108 cm³/mol. The molecule has 0 aliphatic carbocycles. The first-order valence-electron chi connectivity index (χ1n) is 9.13. The summed E-state index contributed by atoms with van der Waals surface area (Å²) in [5.41, 5.74) is 9.43. The third-order valence-corrected chi connectivity index (χ3v) is 5.15. The Bertz CT molecular complexity index is 1100. The van der Waals surface area contributed by atoms with Gasteiger partial charge < -0.3 is 10.6 Å². The summed E-state index contributed by atoms with van der Waals surface area (Å²) >= 11 is 0. The van der Waals surface area contributed by atoms with Crippen molar-refractivity contribution in [3.63, 3.8) is 0 Å². The molecule has 0 amide bonds. The van der Waals surface area contributed by atoms with Gasteiger partial charge in [0.05, 0.1) is 12.3 Å². The summed E-state index contributed by atoms with van der Waals surface area (Å²) in [5, 5.41) is 4.33. The minimum atomic E-state index is -0.325. The van der Waals surface area contributed by atoms with Crippen LogP contribution in [0.15, 0.2) is 47.4 Å². The van der Waals surface area contributed by atoms with Gasteiger partial charge in [0, 0.05) is 25.1 Å². The SMILES string of the molecule is CN=C1CN(c2ncnn3c(C)nc(-c4ccccc4F)c23)CC(C)C1=CN. The highest BCUT2D eigenvalue weighted by Gasteiger charge is 2.29. The van der Waals surface area contributed by atoms with Crippen molar-refractivity contribution in [2.45, 2.75) is 13.8 Å². The van der Waals surface area contributed by atoms with E-state index in [-0.39, 0.29) is 11.7 Å². The Labute approximate surface area is 162 Å². The summed E-state index contributed by atoms with van der Waals surface area (Å²) in [6, 6.07) is 6.62. The van der Waals surface area contributed by atoms with Gasteiger partial charge in [0.15, 0.2) is 5.82 Å². The topological polar surface area (TPSA) is 84.7 Å². The van der Waals surface area contributed by atoms with Gasteiger partial charge in [-0.05, 0) is 30.8 Å². The maximum Gasteiger partial charge on any atom is 0.159 e. The Balaban J connectivity index is 1.91. The molecule has 7 nitrogen and oxygen atoms in total. The van der Waals surface area contributed by atoms with Gasteiger partial charge in [-0.25, -0.2) is 18.9 Å². The monoisotopic (exact) mass is 379 g/mol. The van der Waals surface area contributed by atoms with E-state index in [1.165, 1.54) is 12.4 Å². The largest absolute Gasteiger partial charge is 0.404 e. The predicted octanol–water partition coefficient (Wildman–Crippen LogP) is 2.61. The molecule has 1 saturated heterocycles. The Kier molecular flexibility index (Phi) is 4.54. The Morgan fingerprint density at radius 2 is 2.11 bits per heavy atom. The minimum Gasteiger partial charge on any atom is -0.404 e.